The van der Waals surface area contributed by atoms with E-state index in [1.165, 1.54) is 53.9 Å². The Morgan fingerprint density at radius 1 is 0.925 bits per heavy atom. The Bertz CT molecular complexity index is 1440. The van der Waals surface area contributed by atoms with Crippen molar-refractivity contribution in [1.82, 2.24) is 9.21 Å². The number of amides is 2. The SMILES string of the molecule is COc1ccc(NC(=O)CN(c2ccc(C(=O)N3CCOCC3)cc2)S(C)(=O)=O)cc1S(=O)(=O)N1CCOCC1. The highest BCUT2D eigenvalue weighted by molar-refractivity contribution is 7.92. The number of nitrogens with one attached hydrogen (secondary N) is 1. The van der Waals surface area contributed by atoms with Crippen molar-refractivity contribution in [3.8, 4) is 5.75 Å². The summed E-state index contributed by atoms with van der Waals surface area (Å²) in [5.74, 6) is -0.784. The summed E-state index contributed by atoms with van der Waals surface area (Å²) in [5, 5.41) is 2.57. The maximum Gasteiger partial charge on any atom is 0.254 e. The zero-order chi connectivity index (χ0) is 28.9. The molecule has 2 aromatic rings. The number of hydrogen-bond acceptors (Lipinski definition) is 9. The van der Waals surface area contributed by atoms with Crippen molar-refractivity contribution in [2.75, 3.05) is 82.1 Å². The molecule has 13 nitrogen and oxygen atoms in total. The Hall–Kier alpha value is -3.24. The molecule has 218 valence electrons. The number of sulfonamides is 2. The minimum atomic E-state index is -3.94. The molecule has 0 aliphatic carbocycles. The lowest BCUT2D eigenvalue weighted by Crippen LogP contribution is -2.41. The van der Waals surface area contributed by atoms with Crippen LogP contribution in [0.4, 0.5) is 11.4 Å². The third-order valence-corrected chi connectivity index (χ3v) is 9.48. The Morgan fingerprint density at radius 3 is 2.10 bits per heavy atom. The van der Waals surface area contributed by atoms with Gasteiger partial charge in [0.1, 0.15) is 17.2 Å². The van der Waals surface area contributed by atoms with Gasteiger partial charge in [0.2, 0.25) is 26.0 Å². The second-order valence-corrected chi connectivity index (χ2v) is 13.0. The number of ether oxygens (including phenoxy) is 3. The van der Waals surface area contributed by atoms with Gasteiger partial charge in [0, 0.05) is 37.4 Å². The van der Waals surface area contributed by atoms with E-state index in [9.17, 15) is 26.4 Å². The first-order chi connectivity index (χ1) is 19.0. The molecule has 0 radical (unpaired) electrons. The van der Waals surface area contributed by atoms with Crippen LogP contribution in [0.5, 0.6) is 5.75 Å². The highest BCUT2D eigenvalue weighted by Gasteiger charge is 2.30. The number of anilines is 2. The monoisotopic (exact) mass is 596 g/mol. The number of morpholine rings is 2. The Labute approximate surface area is 233 Å². The number of benzene rings is 2. The molecule has 0 aromatic heterocycles. The van der Waals surface area contributed by atoms with Gasteiger partial charge in [-0.25, -0.2) is 16.8 Å². The topological polar surface area (TPSA) is 152 Å². The van der Waals surface area contributed by atoms with Crippen LogP contribution >= 0.6 is 0 Å². The third kappa shape index (κ3) is 6.90. The fourth-order valence-corrected chi connectivity index (χ4v) is 6.78. The first-order valence-corrected chi connectivity index (χ1v) is 15.8. The van der Waals surface area contributed by atoms with Gasteiger partial charge in [-0.3, -0.25) is 13.9 Å². The summed E-state index contributed by atoms with van der Waals surface area (Å²) in [6.07, 6.45) is 0.966. The molecule has 2 aliphatic rings. The van der Waals surface area contributed by atoms with Gasteiger partial charge in [-0.1, -0.05) is 0 Å². The normalized spacial score (nSPS) is 16.8. The fourth-order valence-electron chi connectivity index (χ4n) is 4.33. The first-order valence-electron chi connectivity index (χ1n) is 12.5. The standard InChI is InChI=1S/C25H32N4O9S2/c1-36-22-8-5-20(17-23(22)40(34,35)28-11-15-38-16-12-28)26-24(30)18-29(39(2,32)33)21-6-3-19(4-7-21)25(31)27-9-13-37-14-10-27/h3-8,17H,9-16,18H2,1-2H3,(H,26,30). The Balaban J connectivity index is 1.50. The van der Waals surface area contributed by atoms with Crippen molar-refractivity contribution in [3.63, 3.8) is 0 Å². The molecule has 15 heteroatoms. The molecule has 0 spiro atoms. The van der Waals surface area contributed by atoms with Gasteiger partial charge in [0.25, 0.3) is 5.91 Å². The van der Waals surface area contributed by atoms with Crippen LogP contribution in [0.1, 0.15) is 10.4 Å². The maximum absolute atomic E-state index is 13.2. The maximum atomic E-state index is 13.2. The average molecular weight is 597 g/mol. The van der Waals surface area contributed by atoms with Crippen LogP contribution in [0.25, 0.3) is 0 Å². The summed E-state index contributed by atoms with van der Waals surface area (Å²) < 4.78 is 69.5. The Kier molecular flexibility index (Phi) is 9.30. The number of nitrogens with zero attached hydrogens (tertiary/aromatic N) is 3. The zero-order valence-corrected chi connectivity index (χ0v) is 23.9. The Morgan fingerprint density at radius 2 is 1.52 bits per heavy atom. The van der Waals surface area contributed by atoms with Gasteiger partial charge in [0.05, 0.1) is 45.5 Å². The van der Waals surface area contributed by atoms with Gasteiger partial charge in [-0.05, 0) is 42.5 Å². The number of carbonyl (C=O) groups is 2. The summed E-state index contributed by atoms with van der Waals surface area (Å²) >= 11 is 0. The molecule has 40 heavy (non-hydrogen) atoms. The molecule has 2 aliphatic heterocycles. The van der Waals surface area contributed by atoms with Crippen LogP contribution in [-0.4, -0.2) is 110 Å². The first kappa shape index (κ1) is 29.7. The molecule has 2 fully saturated rings. The number of rotatable bonds is 9. The molecule has 0 saturated carbocycles. The van der Waals surface area contributed by atoms with Crippen molar-refractivity contribution < 1.29 is 40.6 Å². The average Bonchev–Trinajstić information content (AvgIpc) is 2.96. The number of carbonyl (C=O) groups excluding carboxylic acids is 2. The molecule has 2 saturated heterocycles. The van der Waals surface area contributed by atoms with Gasteiger partial charge in [-0.2, -0.15) is 4.31 Å². The summed E-state index contributed by atoms with van der Waals surface area (Å²) in [6, 6.07) is 10.1. The van der Waals surface area contributed by atoms with Crippen molar-refractivity contribution in [1.29, 1.82) is 0 Å². The van der Waals surface area contributed by atoms with E-state index in [4.69, 9.17) is 14.2 Å². The van der Waals surface area contributed by atoms with E-state index in [1.807, 2.05) is 0 Å². The van der Waals surface area contributed by atoms with Crippen LogP contribution < -0.4 is 14.4 Å². The summed E-state index contributed by atoms with van der Waals surface area (Å²) in [4.78, 5) is 27.2. The summed E-state index contributed by atoms with van der Waals surface area (Å²) in [5.41, 5.74) is 0.731. The van der Waals surface area contributed by atoms with E-state index in [0.717, 1.165) is 10.6 Å². The van der Waals surface area contributed by atoms with E-state index in [-0.39, 0.29) is 54.2 Å². The molecule has 0 bridgehead atoms. The molecular weight excluding hydrogens is 564 g/mol. The third-order valence-electron chi connectivity index (χ3n) is 6.42. The molecular formula is C25H32N4O9S2. The van der Waals surface area contributed by atoms with E-state index in [2.05, 4.69) is 5.32 Å². The minimum absolute atomic E-state index is 0.106. The predicted octanol–water partition coefficient (Wildman–Crippen LogP) is 0.593. The number of hydrogen-bond donors (Lipinski definition) is 1. The second-order valence-electron chi connectivity index (χ2n) is 9.15. The van der Waals surface area contributed by atoms with Gasteiger partial charge in [0.15, 0.2) is 0 Å². The smallest absolute Gasteiger partial charge is 0.254 e. The van der Waals surface area contributed by atoms with Gasteiger partial charge >= 0.3 is 0 Å². The van der Waals surface area contributed by atoms with Crippen LogP contribution in [0.2, 0.25) is 0 Å². The highest BCUT2D eigenvalue weighted by atomic mass is 32.2. The fraction of sp³-hybridized carbons (Fsp3) is 0.440. The molecule has 0 atom stereocenters. The highest BCUT2D eigenvalue weighted by Crippen LogP contribution is 2.30. The molecule has 2 amide bonds. The largest absolute Gasteiger partial charge is 0.495 e. The van der Waals surface area contributed by atoms with Crippen molar-refractivity contribution in [2.45, 2.75) is 4.90 Å². The summed E-state index contributed by atoms with van der Waals surface area (Å²) in [6.45, 7) is 2.17. The van der Waals surface area contributed by atoms with E-state index in [1.54, 1.807) is 4.90 Å². The van der Waals surface area contributed by atoms with Crippen LogP contribution in [0.3, 0.4) is 0 Å². The predicted molar refractivity (Wildman–Crippen MR) is 147 cm³/mol. The van der Waals surface area contributed by atoms with Crippen LogP contribution in [-0.2, 0) is 34.3 Å². The van der Waals surface area contributed by atoms with Gasteiger partial charge < -0.3 is 24.4 Å². The lowest BCUT2D eigenvalue weighted by atomic mass is 10.1. The molecule has 2 aromatic carbocycles. The minimum Gasteiger partial charge on any atom is -0.495 e. The van der Waals surface area contributed by atoms with Crippen LogP contribution in [0.15, 0.2) is 47.4 Å². The van der Waals surface area contributed by atoms with E-state index >= 15 is 0 Å². The molecule has 2 heterocycles. The lowest BCUT2D eigenvalue weighted by Gasteiger charge is -2.27. The van der Waals surface area contributed by atoms with Crippen LogP contribution in [0, 0.1) is 0 Å². The second kappa shape index (κ2) is 12.5. The van der Waals surface area contributed by atoms with Crippen molar-refractivity contribution in [2.24, 2.45) is 0 Å². The van der Waals surface area contributed by atoms with Crippen molar-refractivity contribution >= 4 is 43.2 Å². The quantitative estimate of drug-likeness (QED) is 0.439. The van der Waals surface area contributed by atoms with Gasteiger partial charge in [-0.15, -0.1) is 0 Å². The lowest BCUT2D eigenvalue weighted by molar-refractivity contribution is -0.114. The molecule has 1 N–H and O–H groups in total. The van der Waals surface area contributed by atoms with E-state index < -0.39 is 32.5 Å². The van der Waals surface area contributed by atoms with Crippen molar-refractivity contribution in [3.05, 3.63) is 48.0 Å². The number of methoxy groups -OCH3 is 1. The molecule has 0 unspecified atom stereocenters. The van der Waals surface area contributed by atoms with E-state index in [0.29, 0.717) is 31.9 Å². The molecule has 4 rings (SSSR count). The zero-order valence-electron chi connectivity index (χ0n) is 22.2. The summed E-state index contributed by atoms with van der Waals surface area (Å²) in [7, 11) is -6.49.